The Bertz CT molecular complexity index is 977. The Morgan fingerprint density at radius 1 is 1.24 bits per heavy atom. The SMILES string of the molecule is CC1(C)OB(C(F)=C(Cn2cc(C(=O)O)nn2)c2ccc(Cl)cc2Cl)OC1(C)C. The zero-order valence-corrected chi connectivity index (χ0v) is 17.8. The zero-order valence-electron chi connectivity index (χ0n) is 16.2. The maximum atomic E-state index is 15.6. The Labute approximate surface area is 177 Å². The van der Waals surface area contributed by atoms with Crippen molar-refractivity contribution in [3.8, 4) is 0 Å². The summed E-state index contributed by atoms with van der Waals surface area (Å²) >= 11 is 12.3. The number of allylic oxidation sites excluding steroid dienone is 1. The lowest BCUT2D eigenvalue weighted by molar-refractivity contribution is 0.00578. The number of hydrogen-bond donors (Lipinski definition) is 1. The molecule has 0 amide bonds. The lowest BCUT2D eigenvalue weighted by Crippen LogP contribution is -2.41. The van der Waals surface area contributed by atoms with Crippen LogP contribution < -0.4 is 0 Å². The largest absolute Gasteiger partial charge is 0.525 e. The van der Waals surface area contributed by atoms with E-state index >= 15 is 4.39 Å². The third-order valence-electron chi connectivity index (χ3n) is 5.08. The van der Waals surface area contributed by atoms with Gasteiger partial charge < -0.3 is 14.4 Å². The van der Waals surface area contributed by atoms with Crippen molar-refractivity contribution in [3.05, 3.63) is 51.4 Å². The molecule has 0 aliphatic carbocycles. The average molecular weight is 442 g/mol. The van der Waals surface area contributed by atoms with Gasteiger partial charge in [0.05, 0.1) is 23.9 Å². The number of aromatic nitrogens is 3. The lowest BCUT2D eigenvalue weighted by Gasteiger charge is -2.32. The van der Waals surface area contributed by atoms with E-state index in [0.717, 1.165) is 0 Å². The van der Waals surface area contributed by atoms with E-state index in [9.17, 15) is 4.79 Å². The molecule has 1 aromatic carbocycles. The van der Waals surface area contributed by atoms with Gasteiger partial charge in [0, 0.05) is 21.2 Å². The van der Waals surface area contributed by atoms with E-state index in [1.165, 1.54) is 16.9 Å². The van der Waals surface area contributed by atoms with Crippen LogP contribution >= 0.6 is 23.2 Å². The van der Waals surface area contributed by atoms with Gasteiger partial charge in [0.1, 0.15) is 5.73 Å². The molecule has 1 saturated heterocycles. The van der Waals surface area contributed by atoms with Crippen LogP contribution in [0.15, 0.2) is 30.1 Å². The van der Waals surface area contributed by atoms with E-state index in [2.05, 4.69) is 10.3 Å². The van der Waals surface area contributed by atoms with Crippen LogP contribution in [0, 0.1) is 0 Å². The van der Waals surface area contributed by atoms with Crippen LogP contribution in [0.3, 0.4) is 0 Å². The maximum absolute atomic E-state index is 15.6. The van der Waals surface area contributed by atoms with Crippen LogP contribution in [0.4, 0.5) is 4.39 Å². The molecular formula is C18H19BCl2FN3O4. The molecule has 29 heavy (non-hydrogen) atoms. The predicted molar refractivity (Wildman–Crippen MR) is 108 cm³/mol. The molecule has 0 saturated carbocycles. The molecule has 2 aromatic rings. The van der Waals surface area contributed by atoms with Crippen LogP contribution in [-0.4, -0.2) is 44.4 Å². The molecule has 7 nitrogen and oxygen atoms in total. The molecule has 0 atom stereocenters. The normalized spacial score (nSPS) is 18.7. The molecule has 0 radical (unpaired) electrons. The van der Waals surface area contributed by atoms with Gasteiger partial charge in [-0.05, 0) is 39.8 Å². The second kappa shape index (κ2) is 7.72. The number of carboxylic acid groups (broad SMARTS) is 1. The number of hydrogen-bond acceptors (Lipinski definition) is 5. The van der Waals surface area contributed by atoms with Crippen molar-refractivity contribution in [3.63, 3.8) is 0 Å². The molecule has 1 aliphatic heterocycles. The highest BCUT2D eigenvalue weighted by molar-refractivity contribution is 6.55. The highest BCUT2D eigenvalue weighted by Crippen LogP contribution is 2.41. The Morgan fingerprint density at radius 3 is 2.38 bits per heavy atom. The van der Waals surface area contributed by atoms with Crippen molar-refractivity contribution in [2.24, 2.45) is 0 Å². The quantitative estimate of drug-likeness (QED) is 0.696. The van der Waals surface area contributed by atoms with Gasteiger partial charge in [-0.2, -0.15) is 0 Å². The molecule has 0 spiro atoms. The Balaban J connectivity index is 2.06. The lowest BCUT2D eigenvalue weighted by atomic mass is 9.82. The molecule has 1 N–H and O–H groups in total. The number of carboxylic acids is 1. The van der Waals surface area contributed by atoms with Crippen molar-refractivity contribution in [1.29, 1.82) is 0 Å². The first kappa shape index (κ1) is 21.8. The Kier molecular flexibility index (Phi) is 5.79. The van der Waals surface area contributed by atoms with Crippen molar-refractivity contribution in [1.82, 2.24) is 15.0 Å². The van der Waals surface area contributed by atoms with Gasteiger partial charge in [0.15, 0.2) is 5.69 Å². The van der Waals surface area contributed by atoms with Gasteiger partial charge in [-0.3, -0.25) is 0 Å². The van der Waals surface area contributed by atoms with Crippen molar-refractivity contribution in [2.75, 3.05) is 0 Å². The smallest absolute Gasteiger partial charge is 0.476 e. The van der Waals surface area contributed by atoms with E-state index in [4.69, 9.17) is 37.6 Å². The molecule has 154 valence electrons. The first-order chi connectivity index (χ1) is 13.4. The van der Waals surface area contributed by atoms with Gasteiger partial charge in [0.25, 0.3) is 0 Å². The molecule has 0 bridgehead atoms. The van der Waals surface area contributed by atoms with Crippen molar-refractivity contribution >= 4 is 41.9 Å². The highest BCUT2D eigenvalue weighted by atomic mass is 35.5. The van der Waals surface area contributed by atoms with Crippen LogP contribution in [0.2, 0.25) is 10.0 Å². The summed E-state index contributed by atoms with van der Waals surface area (Å²) < 4.78 is 28.5. The molecule has 1 fully saturated rings. The summed E-state index contributed by atoms with van der Waals surface area (Å²) in [5.41, 5.74) is -1.97. The number of rotatable bonds is 5. The fourth-order valence-corrected chi connectivity index (χ4v) is 3.27. The van der Waals surface area contributed by atoms with E-state index < -0.39 is 30.0 Å². The second-order valence-electron chi connectivity index (χ2n) is 7.65. The van der Waals surface area contributed by atoms with Gasteiger partial charge >= 0.3 is 13.1 Å². The fraction of sp³-hybridized carbons (Fsp3) is 0.389. The summed E-state index contributed by atoms with van der Waals surface area (Å²) in [7, 11) is -1.26. The van der Waals surface area contributed by atoms with Crippen molar-refractivity contribution < 1.29 is 23.6 Å². The minimum absolute atomic E-state index is 0.118. The van der Waals surface area contributed by atoms with Gasteiger partial charge in [0.2, 0.25) is 0 Å². The second-order valence-corrected chi connectivity index (χ2v) is 8.49. The molecule has 11 heteroatoms. The minimum Gasteiger partial charge on any atom is -0.476 e. The third-order valence-corrected chi connectivity index (χ3v) is 5.63. The Morgan fingerprint density at radius 2 is 1.86 bits per heavy atom. The van der Waals surface area contributed by atoms with Crippen LogP contribution in [0.5, 0.6) is 0 Å². The van der Waals surface area contributed by atoms with E-state index in [1.54, 1.807) is 12.1 Å². The summed E-state index contributed by atoms with van der Waals surface area (Å²) in [6.45, 7) is 7.10. The van der Waals surface area contributed by atoms with Crippen LogP contribution in [0.25, 0.3) is 5.57 Å². The highest BCUT2D eigenvalue weighted by Gasteiger charge is 2.53. The van der Waals surface area contributed by atoms with E-state index in [0.29, 0.717) is 10.6 Å². The van der Waals surface area contributed by atoms with E-state index in [1.807, 2.05) is 27.7 Å². The molecule has 1 aromatic heterocycles. The number of halogens is 3. The number of aromatic carboxylic acids is 1. The summed E-state index contributed by atoms with van der Waals surface area (Å²) in [5.74, 6) is -1.24. The third kappa shape index (κ3) is 4.33. The van der Waals surface area contributed by atoms with Crippen LogP contribution in [-0.2, 0) is 15.9 Å². The molecule has 0 unspecified atom stereocenters. The average Bonchev–Trinajstić information content (AvgIpc) is 3.15. The Hall–Kier alpha value is -1.94. The first-order valence-corrected chi connectivity index (χ1v) is 9.50. The standard InChI is InChI=1S/C18H19BCl2FN3O4/c1-17(2)18(3,4)29-19(28-17)15(22)12(11-6-5-10(20)7-13(11)21)8-25-9-14(16(26)27)23-24-25/h5-7,9H,8H2,1-4H3,(H,26,27). The number of nitrogens with zero attached hydrogens (tertiary/aromatic N) is 3. The molecule has 2 heterocycles. The van der Waals surface area contributed by atoms with Crippen LogP contribution in [0.1, 0.15) is 43.7 Å². The summed E-state index contributed by atoms with van der Waals surface area (Å²) in [5, 5.41) is 17.0. The molecule has 3 rings (SSSR count). The summed E-state index contributed by atoms with van der Waals surface area (Å²) in [6.07, 6.45) is 1.20. The first-order valence-electron chi connectivity index (χ1n) is 8.74. The zero-order chi connectivity index (χ0) is 21.6. The van der Waals surface area contributed by atoms with E-state index in [-0.39, 0.29) is 22.8 Å². The van der Waals surface area contributed by atoms with Gasteiger partial charge in [-0.25, -0.2) is 13.9 Å². The monoisotopic (exact) mass is 441 g/mol. The fourth-order valence-electron chi connectivity index (χ4n) is 2.75. The van der Waals surface area contributed by atoms with Crippen molar-refractivity contribution in [2.45, 2.75) is 45.4 Å². The maximum Gasteiger partial charge on any atom is 0.525 e. The topological polar surface area (TPSA) is 86.5 Å². The molecule has 1 aliphatic rings. The predicted octanol–water partition coefficient (Wildman–Crippen LogP) is 4.30. The summed E-state index contributed by atoms with van der Waals surface area (Å²) in [6, 6.07) is 4.63. The minimum atomic E-state index is -1.26. The molecular weight excluding hydrogens is 423 g/mol. The number of benzene rings is 1. The summed E-state index contributed by atoms with van der Waals surface area (Å²) in [4.78, 5) is 11.1. The van der Waals surface area contributed by atoms with Gasteiger partial charge in [-0.1, -0.05) is 34.5 Å². The van der Waals surface area contributed by atoms with Gasteiger partial charge in [-0.15, -0.1) is 5.10 Å². The number of carbonyl (C=O) groups is 1.